The van der Waals surface area contributed by atoms with Gasteiger partial charge in [0.25, 0.3) is 0 Å². The lowest BCUT2D eigenvalue weighted by Crippen LogP contribution is -2.23. The highest BCUT2D eigenvalue weighted by Gasteiger charge is 2.22. The summed E-state index contributed by atoms with van der Waals surface area (Å²) in [5, 5.41) is 3.34. The number of hydrogen-bond donors (Lipinski definition) is 1. The van der Waals surface area contributed by atoms with Crippen LogP contribution in [0.5, 0.6) is 5.75 Å². The summed E-state index contributed by atoms with van der Waals surface area (Å²) < 4.78 is 11.3. The van der Waals surface area contributed by atoms with Crippen molar-refractivity contribution in [3.8, 4) is 5.75 Å². The second-order valence-corrected chi connectivity index (χ2v) is 4.00. The van der Waals surface area contributed by atoms with Crippen molar-refractivity contribution in [1.29, 1.82) is 0 Å². The van der Waals surface area contributed by atoms with Gasteiger partial charge in [0.15, 0.2) is 6.10 Å². The smallest absolute Gasteiger partial charge is 0.173 e. The molecule has 3 heteroatoms. The molecule has 3 nitrogen and oxygen atoms in total. The van der Waals surface area contributed by atoms with Gasteiger partial charge in [-0.3, -0.25) is 0 Å². The second-order valence-electron chi connectivity index (χ2n) is 4.00. The average molecular weight is 215 g/mol. The van der Waals surface area contributed by atoms with Gasteiger partial charge >= 0.3 is 0 Å². The van der Waals surface area contributed by atoms with Crippen LogP contribution in [0.4, 0.5) is 5.69 Å². The minimum Gasteiger partial charge on any atom is -0.478 e. The number of furan rings is 1. The molecular weight excluding hydrogens is 202 g/mol. The van der Waals surface area contributed by atoms with Crippen LogP contribution in [-0.4, -0.2) is 6.54 Å². The number of fused-ring (bicyclic) bond motifs is 1. The van der Waals surface area contributed by atoms with Crippen LogP contribution >= 0.6 is 0 Å². The highest BCUT2D eigenvalue weighted by atomic mass is 16.5. The first-order valence-electron chi connectivity index (χ1n) is 5.37. The molecule has 2 aromatic rings. The van der Waals surface area contributed by atoms with Crippen molar-refractivity contribution in [2.24, 2.45) is 0 Å². The Kier molecular flexibility index (Phi) is 2.10. The molecule has 1 aliphatic rings. The van der Waals surface area contributed by atoms with Gasteiger partial charge in [0.1, 0.15) is 11.5 Å². The first-order chi connectivity index (χ1) is 7.83. The van der Waals surface area contributed by atoms with Crippen LogP contribution in [0.2, 0.25) is 0 Å². The molecule has 1 aliphatic heterocycles. The molecule has 0 amide bonds. The highest BCUT2D eigenvalue weighted by molar-refractivity contribution is 5.59. The molecule has 1 N–H and O–H groups in total. The van der Waals surface area contributed by atoms with Gasteiger partial charge in [0.05, 0.1) is 18.5 Å². The van der Waals surface area contributed by atoms with Gasteiger partial charge in [0.2, 0.25) is 0 Å². The first-order valence-corrected chi connectivity index (χ1v) is 5.37. The SMILES string of the molecule is Cc1ccc2c(c1)OC(c1ccco1)CN2. The molecule has 0 radical (unpaired) electrons. The van der Waals surface area contributed by atoms with Crippen molar-refractivity contribution < 1.29 is 9.15 Å². The van der Waals surface area contributed by atoms with E-state index in [9.17, 15) is 0 Å². The maximum absolute atomic E-state index is 5.90. The Bertz CT molecular complexity index is 491. The van der Waals surface area contributed by atoms with Gasteiger partial charge in [-0.2, -0.15) is 0 Å². The van der Waals surface area contributed by atoms with Gasteiger partial charge in [-0.05, 0) is 36.8 Å². The number of ether oxygens (including phenoxy) is 1. The van der Waals surface area contributed by atoms with Crippen molar-refractivity contribution in [2.45, 2.75) is 13.0 Å². The predicted octanol–water partition coefficient (Wildman–Crippen LogP) is 3.13. The summed E-state index contributed by atoms with van der Waals surface area (Å²) in [6.07, 6.45) is 1.63. The molecule has 1 unspecified atom stereocenters. The van der Waals surface area contributed by atoms with Crippen LogP contribution in [0.25, 0.3) is 0 Å². The van der Waals surface area contributed by atoms with E-state index in [-0.39, 0.29) is 6.10 Å². The summed E-state index contributed by atoms with van der Waals surface area (Å²) in [6, 6.07) is 9.97. The molecule has 0 spiro atoms. The van der Waals surface area contributed by atoms with E-state index in [4.69, 9.17) is 9.15 Å². The molecule has 1 aromatic heterocycles. The predicted molar refractivity (Wildman–Crippen MR) is 61.7 cm³/mol. The normalized spacial score (nSPS) is 18.4. The lowest BCUT2D eigenvalue weighted by Gasteiger charge is -2.26. The Hall–Kier alpha value is -1.90. The standard InChI is InChI=1S/C13H13NO2/c1-9-4-5-10-12(7-9)16-13(8-14-10)11-3-2-6-15-11/h2-7,13-14H,8H2,1H3. The van der Waals surface area contributed by atoms with Gasteiger partial charge in [-0.25, -0.2) is 0 Å². The number of hydrogen-bond acceptors (Lipinski definition) is 3. The summed E-state index contributed by atoms with van der Waals surface area (Å²) in [6.45, 7) is 2.80. The zero-order chi connectivity index (χ0) is 11.0. The summed E-state index contributed by atoms with van der Waals surface area (Å²) in [5.74, 6) is 1.76. The maximum atomic E-state index is 5.90. The molecule has 82 valence electrons. The first kappa shape index (κ1) is 9.33. The average Bonchev–Trinajstić information content (AvgIpc) is 2.81. The fourth-order valence-corrected chi connectivity index (χ4v) is 1.90. The number of nitrogens with one attached hydrogen (secondary N) is 1. The van der Waals surface area contributed by atoms with E-state index in [0.29, 0.717) is 0 Å². The van der Waals surface area contributed by atoms with E-state index in [1.807, 2.05) is 24.3 Å². The van der Waals surface area contributed by atoms with E-state index in [1.165, 1.54) is 5.56 Å². The minimum atomic E-state index is -0.0377. The molecule has 0 aliphatic carbocycles. The van der Waals surface area contributed by atoms with Crippen LogP contribution in [-0.2, 0) is 0 Å². The number of anilines is 1. The van der Waals surface area contributed by atoms with Crippen molar-refractivity contribution in [3.63, 3.8) is 0 Å². The second kappa shape index (κ2) is 3.59. The largest absolute Gasteiger partial charge is 0.478 e. The summed E-state index contributed by atoms with van der Waals surface area (Å²) in [7, 11) is 0. The van der Waals surface area contributed by atoms with Crippen molar-refractivity contribution >= 4 is 5.69 Å². The monoisotopic (exact) mass is 215 g/mol. The van der Waals surface area contributed by atoms with Crippen LogP contribution in [0.1, 0.15) is 17.4 Å². The van der Waals surface area contributed by atoms with Crippen molar-refractivity contribution in [3.05, 3.63) is 47.9 Å². The quantitative estimate of drug-likeness (QED) is 0.793. The molecule has 2 heterocycles. The molecule has 0 bridgehead atoms. The Balaban J connectivity index is 1.91. The lowest BCUT2D eigenvalue weighted by molar-refractivity contribution is 0.181. The van der Waals surface area contributed by atoms with Crippen LogP contribution in [0, 0.1) is 6.92 Å². The van der Waals surface area contributed by atoms with Gasteiger partial charge in [-0.15, -0.1) is 0 Å². The third-order valence-corrected chi connectivity index (χ3v) is 2.74. The zero-order valence-corrected chi connectivity index (χ0v) is 9.07. The third-order valence-electron chi connectivity index (χ3n) is 2.74. The highest BCUT2D eigenvalue weighted by Crippen LogP contribution is 2.34. The molecule has 1 aromatic carbocycles. The van der Waals surface area contributed by atoms with E-state index in [0.717, 1.165) is 23.7 Å². The van der Waals surface area contributed by atoms with E-state index in [1.54, 1.807) is 6.26 Å². The van der Waals surface area contributed by atoms with Crippen molar-refractivity contribution in [1.82, 2.24) is 0 Å². The van der Waals surface area contributed by atoms with Crippen LogP contribution in [0.15, 0.2) is 41.0 Å². The van der Waals surface area contributed by atoms with E-state index in [2.05, 4.69) is 18.3 Å². The molecule has 0 saturated heterocycles. The summed E-state index contributed by atoms with van der Waals surface area (Å²) in [4.78, 5) is 0. The topological polar surface area (TPSA) is 34.4 Å². The molecule has 3 rings (SSSR count). The van der Waals surface area contributed by atoms with Crippen molar-refractivity contribution in [2.75, 3.05) is 11.9 Å². The Morgan fingerprint density at radius 2 is 2.25 bits per heavy atom. The fraction of sp³-hybridized carbons (Fsp3) is 0.231. The van der Waals surface area contributed by atoms with Crippen LogP contribution in [0.3, 0.4) is 0 Å². The molecule has 0 fully saturated rings. The van der Waals surface area contributed by atoms with E-state index < -0.39 is 0 Å². The zero-order valence-electron chi connectivity index (χ0n) is 9.07. The third kappa shape index (κ3) is 1.54. The Morgan fingerprint density at radius 3 is 3.06 bits per heavy atom. The lowest BCUT2D eigenvalue weighted by atomic mass is 10.1. The number of rotatable bonds is 1. The van der Waals surface area contributed by atoms with Gasteiger partial charge in [-0.1, -0.05) is 6.07 Å². The maximum Gasteiger partial charge on any atom is 0.173 e. The van der Waals surface area contributed by atoms with E-state index >= 15 is 0 Å². The minimum absolute atomic E-state index is 0.0377. The molecule has 0 saturated carbocycles. The van der Waals surface area contributed by atoms with Gasteiger partial charge in [0, 0.05) is 0 Å². The molecule has 1 atom stereocenters. The van der Waals surface area contributed by atoms with Crippen LogP contribution < -0.4 is 10.1 Å². The summed E-state index contributed by atoms with van der Waals surface area (Å²) >= 11 is 0. The Morgan fingerprint density at radius 1 is 1.31 bits per heavy atom. The molecular formula is C13H13NO2. The Labute approximate surface area is 94.0 Å². The number of benzene rings is 1. The fourth-order valence-electron chi connectivity index (χ4n) is 1.90. The molecule has 16 heavy (non-hydrogen) atoms. The number of aryl methyl sites for hydroxylation is 1. The summed E-state index contributed by atoms with van der Waals surface area (Å²) in [5.41, 5.74) is 2.24. The van der Waals surface area contributed by atoms with Gasteiger partial charge < -0.3 is 14.5 Å².